The fraction of sp³-hybridized carbons (Fsp3) is 0.286. The molecule has 1 aromatic heterocycles. The number of nitrogens with one attached hydrogen (secondary N) is 1. The smallest absolute Gasteiger partial charge is 0.279 e. The number of halogens is 1. The maximum atomic E-state index is 10.6. The Labute approximate surface area is 82.4 Å². The van der Waals surface area contributed by atoms with Crippen LogP contribution in [-0.4, -0.2) is 16.5 Å². The number of anilines is 1. The first-order valence-electron chi connectivity index (χ1n) is 3.71. The lowest BCUT2D eigenvalue weighted by atomic mass is 10.2. The summed E-state index contributed by atoms with van der Waals surface area (Å²) in [4.78, 5) is 14.2. The Morgan fingerprint density at radius 2 is 2.54 bits per heavy atom. The van der Waals surface area contributed by atoms with E-state index in [0.29, 0.717) is 17.9 Å². The molecule has 0 bridgehead atoms. The van der Waals surface area contributed by atoms with Crippen molar-refractivity contribution in [3.05, 3.63) is 27.9 Å². The second-order valence-electron chi connectivity index (χ2n) is 2.70. The van der Waals surface area contributed by atoms with Crippen LogP contribution in [0.25, 0.3) is 0 Å². The second kappa shape index (κ2) is 2.95. The predicted molar refractivity (Wildman–Crippen MR) is 51.0 cm³/mol. The Morgan fingerprint density at radius 1 is 1.77 bits per heavy atom. The van der Waals surface area contributed by atoms with Crippen molar-refractivity contribution in [2.45, 2.75) is 4.83 Å². The lowest BCUT2D eigenvalue weighted by molar-refractivity contribution is -0.385. The molecule has 2 heterocycles. The van der Waals surface area contributed by atoms with E-state index >= 15 is 0 Å². The van der Waals surface area contributed by atoms with E-state index in [2.05, 4.69) is 26.2 Å². The molecule has 1 atom stereocenters. The molecular formula is C7H6BrN3O2. The molecule has 68 valence electrons. The Bertz CT molecular complexity index is 369. The van der Waals surface area contributed by atoms with Gasteiger partial charge < -0.3 is 5.32 Å². The highest BCUT2D eigenvalue weighted by Gasteiger charge is 2.29. The number of pyridine rings is 1. The van der Waals surface area contributed by atoms with Gasteiger partial charge in [0.25, 0.3) is 5.69 Å². The number of aromatic nitrogens is 1. The lowest BCUT2D eigenvalue weighted by Crippen LogP contribution is -1.95. The summed E-state index contributed by atoms with van der Waals surface area (Å²) in [7, 11) is 0. The summed E-state index contributed by atoms with van der Waals surface area (Å²) in [5, 5.41) is 13.6. The Kier molecular flexibility index (Phi) is 1.91. The molecule has 0 aliphatic carbocycles. The minimum atomic E-state index is -0.387. The highest BCUT2D eigenvalue weighted by atomic mass is 79.9. The van der Waals surface area contributed by atoms with E-state index in [4.69, 9.17) is 0 Å². The van der Waals surface area contributed by atoms with E-state index in [1.165, 1.54) is 12.3 Å². The van der Waals surface area contributed by atoms with Gasteiger partial charge in [0.15, 0.2) is 0 Å². The van der Waals surface area contributed by atoms with Gasteiger partial charge >= 0.3 is 0 Å². The van der Waals surface area contributed by atoms with E-state index in [-0.39, 0.29) is 15.4 Å². The van der Waals surface area contributed by atoms with Gasteiger partial charge in [0, 0.05) is 18.8 Å². The molecular weight excluding hydrogens is 238 g/mol. The molecule has 0 aromatic carbocycles. The van der Waals surface area contributed by atoms with Crippen molar-refractivity contribution in [1.82, 2.24) is 4.98 Å². The first-order chi connectivity index (χ1) is 6.20. The van der Waals surface area contributed by atoms with Crippen LogP contribution in [0.4, 0.5) is 11.5 Å². The summed E-state index contributed by atoms with van der Waals surface area (Å²) in [6.45, 7) is 0.646. The molecule has 2 rings (SSSR count). The third kappa shape index (κ3) is 1.27. The maximum Gasteiger partial charge on any atom is 0.279 e. The van der Waals surface area contributed by atoms with Crippen LogP contribution >= 0.6 is 15.9 Å². The number of hydrogen-bond acceptors (Lipinski definition) is 4. The Hall–Kier alpha value is -1.17. The van der Waals surface area contributed by atoms with Crippen molar-refractivity contribution < 1.29 is 4.92 Å². The monoisotopic (exact) mass is 243 g/mol. The highest BCUT2D eigenvalue weighted by Crippen LogP contribution is 2.39. The van der Waals surface area contributed by atoms with Gasteiger partial charge in [-0.15, -0.1) is 0 Å². The summed E-state index contributed by atoms with van der Waals surface area (Å²) in [6, 6.07) is 1.42. The minimum Gasteiger partial charge on any atom is -0.368 e. The van der Waals surface area contributed by atoms with Crippen LogP contribution in [0.2, 0.25) is 0 Å². The van der Waals surface area contributed by atoms with Gasteiger partial charge in [0.2, 0.25) is 0 Å². The van der Waals surface area contributed by atoms with Gasteiger partial charge in [0.1, 0.15) is 5.82 Å². The molecule has 0 amide bonds. The molecule has 0 saturated carbocycles. The molecule has 0 spiro atoms. The summed E-state index contributed by atoms with van der Waals surface area (Å²) in [5.74, 6) is 0.607. The van der Waals surface area contributed by atoms with Gasteiger partial charge in [-0.1, -0.05) is 15.9 Å². The molecule has 1 aliphatic rings. The molecule has 0 fully saturated rings. The van der Waals surface area contributed by atoms with Crippen LogP contribution in [0.5, 0.6) is 0 Å². The average molecular weight is 244 g/mol. The van der Waals surface area contributed by atoms with E-state index < -0.39 is 0 Å². The quantitative estimate of drug-likeness (QED) is 0.465. The van der Waals surface area contributed by atoms with Crippen LogP contribution < -0.4 is 5.32 Å². The number of rotatable bonds is 1. The van der Waals surface area contributed by atoms with Crippen LogP contribution in [0, 0.1) is 10.1 Å². The van der Waals surface area contributed by atoms with Gasteiger partial charge in [-0.3, -0.25) is 10.1 Å². The van der Waals surface area contributed by atoms with Crippen LogP contribution in [-0.2, 0) is 0 Å². The Balaban J connectivity index is 2.60. The number of nitrogens with zero attached hydrogens (tertiary/aromatic N) is 2. The van der Waals surface area contributed by atoms with Crippen molar-refractivity contribution in [3.63, 3.8) is 0 Å². The summed E-state index contributed by atoms with van der Waals surface area (Å²) in [5.41, 5.74) is 0.768. The third-order valence-corrected chi connectivity index (χ3v) is 2.71. The second-order valence-corrected chi connectivity index (χ2v) is 3.80. The SMILES string of the molecule is O=[N+]([O-])c1ccnc2c1C(Br)CN2. The van der Waals surface area contributed by atoms with E-state index in [0.717, 1.165) is 0 Å². The molecule has 1 N–H and O–H groups in total. The molecule has 5 nitrogen and oxygen atoms in total. The topological polar surface area (TPSA) is 68.1 Å². The molecule has 0 radical (unpaired) electrons. The zero-order chi connectivity index (χ0) is 9.42. The normalized spacial score (nSPS) is 19.3. The number of alkyl halides is 1. The molecule has 13 heavy (non-hydrogen) atoms. The summed E-state index contributed by atoms with van der Waals surface area (Å²) >= 11 is 3.35. The third-order valence-electron chi connectivity index (χ3n) is 1.93. The molecule has 1 aromatic rings. The van der Waals surface area contributed by atoms with Crippen LogP contribution in [0.15, 0.2) is 12.3 Å². The molecule has 1 aliphatic heterocycles. The summed E-state index contributed by atoms with van der Waals surface area (Å²) < 4.78 is 0. The minimum absolute atomic E-state index is 0.0170. The van der Waals surface area contributed by atoms with Gasteiger partial charge in [-0.25, -0.2) is 4.98 Å². The molecule has 6 heteroatoms. The fourth-order valence-corrected chi connectivity index (χ4v) is 1.97. The standard InChI is InChI=1S/C7H6BrN3O2/c8-4-3-10-7-6(4)5(11(12)13)1-2-9-7/h1-2,4H,3H2,(H,9,10). The average Bonchev–Trinajstić information content (AvgIpc) is 2.48. The fourth-order valence-electron chi connectivity index (χ4n) is 1.36. The number of hydrogen-bond donors (Lipinski definition) is 1. The molecule has 0 saturated heterocycles. The van der Waals surface area contributed by atoms with Crippen molar-refractivity contribution in [1.29, 1.82) is 0 Å². The lowest BCUT2D eigenvalue weighted by Gasteiger charge is -2.00. The zero-order valence-corrected chi connectivity index (χ0v) is 8.11. The van der Waals surface area contributed by atoms with Crippen molar-refractivity contribution in [2.24, 2.45) is 0 Å². The predicted octanol–water partition coefficient (Wildman–Crippen LogP) is 1.85. The van der Waals surface area contributed by atoms with Gasteiger partial charge in [0.05, 0.1) is 15.3 Å². The van der Waals surface area contributed by atoms with E-state index in [9.17, 15) is 10.1 Å². The van der Waals surface area contributed by atoms with Crippen molar-refractivity contribution in [3.8, 4) is 0 Å². The first kappa shape index (κ1) is 8.43. The van der Waals surface area contributed by atoms with Gasteiger partial charge in [-0.05, 0) is 0 Å². The van der Waals surface area contributed by atoms with Crippen molar-refractivity contribution >= 4 is 27.4 Å². The largest absolute Gasteiger partial charge is 0.368 e. The maximum absolute atomic E-state index is 10.6. The number of nitro groups is 1. The Morgan fingerprint density at radius 3 is 3.23 bits per heavy atom. The summed E-state index contributed by atoms with van der Waals surface area (Å²) in [6.07, 6.45) is 1.44. The molecule has 1 unspecified atom stereocenters. The van der Waals surface area contributed by atoms with Crippen LogP contribution in [0.3, 0.4) is 0 Å². The van der Waals surface area contributed by atoms with Crippen molar-refractivity contribution in [2.75, 3.05) is 11.9 Å². The number of fused-ring (bicyclic) bond motifs is 1. The van der Waals surface area contributed by atoms with E-state index in [1.807, 2.05) is 0 Å². The van der Waals surface area contributed by atoms with Gasteiger partial charge in [-0.2, -0.15) is 0 Å². The van der Waals surface area contributed by atoms with Crippen LogP contribution in [0.1, 0.15) is 10.4 Å². The van der Waals surface area contributed by atoms with E-state index in [1.54, 1.807) is 0 Å². The highest BCUT2D eigenvalue weighted by molar-refractivity contribution is 9.09. The first-order valence-corrected chi connectivity index (χ1v) is 4.63. The zero-order valence-electron chi connectivity index (χ0n) is 6.53.